The smallest absolute Gasteiger partial charge is 0.0624 e. The van der Waals surface area contributed by atoms with Gasteiger partial charge < -0.3 is 4.90 Å². The Morgan fingerprint density at radius 3 is 1.44 bits per heavy atom. The van der Waals surface area contributed by atoms with Crippen molar-refractivity contribution in [1.82, 2.24) is 0 Å². The summed E-state index contributed by atoms with van der Waals surface area (Å²) in [5, 5.41) is 14.9. The Kier molecular flexibility index (Phi) is 7.25. The van der Waals surface area contributed by atoms with Gasteiger partial charge in [-0.15, -0.1) is 0 Å². The first-order chi connectivity index (χ1) is 27.3. The number of nitrogens with zero attached hydrogens (tertiary/aromatic N) is 1. The maximum atomic E-state index is 2.49. The monoisotopic (exact) mass is 697 g/mol. The minimum Gasteiger partial charge on any atom is -0.309 e. The molecule has 11 aromatic rings. The molecule has 0 spiro atoms. The Balaban J connectivity index is 1.16. The Morgan fingerprint density at radius 2 is 0.691 bits per heavy atom. The van der Waals surface area contributed by atoms with Crippen molar-refractivity contribution < 1.29 is 0 Å². The van der Waals surface area contributed by atoms with Gasteiger partial charge in [-0.3, -0.25) is 0 Å². The van der Waals surface area contributed by atoms with Crippen LogP contribution in [0.25, 0.3) is 86.9 Å². The van der Waals surface area contributed by atoms with Gasteiger partial charge in [0.25, 0.3) is 0 Å². The highest BCUT2D eigenvalue weighted by Gasteiger charge is 2.24. The lowest BCUT2D eigenvalue weighted by molar-refractivity contribution is 1.31. The van der Waals surface area contributed by atoms with Crippen LogP contribution in [-0.4, -0.2) is 0 Å². The second kappa shape index (κ2) is 12.7. The van der Waals surface area contributed by atoms with E-state index in [0.29, 0.717) is 0 Å². The molecule has 0 radical (unpaired) electrons. The highest BCUT2D eigenvalue weighted by Crippen LogP contribution is 2.50. The van der Waals surface area contributed by atoms with Gasteiger partial charge in [0.05, 0.1) is 5.69 Å². The zero-order valence-corrected chi connectivity index (χ0v) is 30.2. The van der Waals surface area contributed by atoms with Gasteiger partial charge in [0.15, 0.2) is 0 Å². The number of anilines is 3. The third kappa shape index (κ3) is 5.24. The van der Waals surface area contributed by atoms with E-state index >= 15 is 0 Å². The van der Waals surface area contributed by atoms with Crippen molar-refractivity contribution in [2.45, 2.75) is 0 Å². The predicted octanol–water partition coefficient (Wildman–Crippen LogP) is 15.4. The number of fused-ring (bicyclic) bond motifs is 8. The van der Waals surface area contributed by atoms with Crippen LogP contribution in [0.5, 0.6) is 0 Å². The third-order valence-corrected chi connectivity index (χ3v) is 11.4. The van der Waals surface area contributed by atoms with E-state index in [-0.39, 0.29) is 0 Å². The van der Waals surface area contributed by atoms with Gasteiger partial charge >= 0.3 is 0 Å². The van der Waals surface area contributed by atoms with Crippen LogP contribution in [0.4, 0.5) is 17.1 Å². The number of hydrogen-bond acceptors (Lipinski definition) is 1. The normalized spacial score (nSPS) is 11.6. The summed E-state index contributed by atoms with van der Waals surface area (Å²) >= 11 is 0. The summed E-state index contributed by atoms with van der Waals surface area (Å²) in [7, 11) is 0. The van der Waals surface area contributed by atoms with Crippen LogP contribution in [0, 0.1) is 0 Å². The molecular weight excluding hydrogens is 663 g/mol. The molecule has 0 aliphatic heterocycles. The molecule has 1 nitrogen and oxygen atoms in total. The van der Waals surface area contributed by atoms with E-state index in [9.17, 15) is 0 Å². The quantitative estimate of drug-likeness (QED) is 0.162. The number of hydrogen-bond donors (Lipinski definition) is 0. The lowest BCUT2D eigenvalue weighted by Gasteiger charge is -2.31. The van der Waals surface area contributed by atoms with Gasteiger partial charge in [-0.2, -0.15) is 0 Å². The van der Waals surface area contributed by atoms with Crippen LogP contribution >= 0.6 is 0 Å². The third-order valence-electron chi connectivity index (χ3n) is 11.4. The Morgan fingerprint density at radius 1 is 0.236 bits per heavy atom. The van der Waals surface area contributed by atoms with E-state index in [4.69, 9.17) is 0 Å². The topological polar surface area (TPSA) is 3.24 Å². The molecule has 0 N–H and O–H groups in total. The van der Waals surface area contributed by atoms with Crippen molar-refractivity contribution in [3.63, 3.8) is 0 Å². The zero-order chi connectivity index (χ0) is 36.3. The van der Waals surface area contributed by atoms with E-state index < -0.39 is 0 Å². The summed E-state index contributed by atoms with van der Waals surface area (Å²) in [5.74, 6) is 0. The molecule has 55 heavy (non-hydrogen) atoms. The summed E-state index contributed by atoms with van der Waals surface area (Å²) in [5.41, 5.74) is 8.21. The van der Waals surface area contributed by atoms with Crippen LogP contribution in [0.1, 0.15) is 0 Å². The first-order valence-electron chi connectivity index (χ1n) is 19.0. The van der Waals surface area contributed by atoms with E-state index in [1.165, 1.54) is 92.6 Å². The molecular formula is C54H35N. The first-order valence-corrected chi connectivity index (χ1v) is 19.0. The number of benzene rings is 11. The summed E-state index contributed by atoms with van der Waals surface area (Å²) < 4.78 is 0. The molecule has 0 atom stereocenters. The van der Waals surface area contributed by atoms with Gasteiger partial charge in [-0.25, -0.2) is 0 Å². The van der Waals surface area contributed by atoms with Crippen LogP contribution in [-0.2, 0) is 0 Å². The molecule has 0 fully saturated rings. The van der Waals surface area contributed by atoms with Gasteiger partial charge in [0.1, 0.15) is 0 Å². The average molecular weight is 698 g/mol. The molecule has 0 aliphatic rings. The molecule has 256 valence electrons. The van der Waals surface area contributed by atoms with Crippen molar-refractivity contribution in [3.8, 4) is 22.3 Å². The highest BCUT2D eigenvalue weighted by atomic mass is 15.1. The van der Waals surface area contributed by atoms with E-state index in [2.05, 4.69) is 217 Å². The van der Waals surface area contributed by atoms with E-state index in [0.717, 1.165) is 11.4 Å². The van der Waals surface area contributed by atoms with Crippen molar-refractivity contribution >= 4 is 81.7 Å². The van der Waals surface area contributed by atoms with Crippen molar-refractivity contribution in [1.29, 1.82) is 0 Å². The second-order valence-corrected chi connectivity index (χ2v) is 14.5. The lowest BCUT2D eigenvalue weighted by Crippen LogP contribution is -2.12. The van der Waals surface area contributed by atoms with Crippen molar-refractivity contribution in [2.75, 3.05) is 4.90 Å². The maximum absolute atomic E-state index is 2.49. The van der Waals surface area contributed by atoms with Crippen LogP contribution in [0.2, 0.25) is 0 Å². The van der Waals surface area contributed by atoms with Crippen LogP contribution in [0.3, 0.4) is 0 Å². The highest BCUT2D eigenvalue weighted by molar-refractivity contribution is 6.23. The second-order valence-electron chi connectivity index (χ2n) is 14.5. The van der Waals surface area contributed by atoms with E-state index in [1.54, 1.807) is 0 Å². The van der Waals surface area contributed by atoms with Crippen LogP contribution in [0.15, 0.2) is 212 Å². The lowest BCUT2D eigenvalue weighted by atomic mass is 9.89. The Bertz CT molecular complexity index is 3260. The summed E-state index contributed by atoms with van der Waals surface area (Å²) in [6.07, 6.45) is 0. The Hall–Kier alpha value is -7.22. The molecule has 0 aromatic heterocycles. The van der Waals surface area contributed by atoms with Crippen LogP contribution < -0.4 is 4.90 Å². The molecule has 0 saturated carbocycles. The fourth-order valence-electron chi connectivity index (χ4n) is 8.71. The summed E-state index contributed by atoms with van der Waals surface area (Å²) in [6.45, 7) is 0. The molecule has 0 aliphatic carbocycles. The zero-order valence-electron chi connectivity index (χ0n) is 30.2. The minimum absolute atomic E-state index is 1.10. The standard InChI is InChI=1S/C54H35N/c1-3-14-40-34-44(24-21-36(40)11-1)53-51-19-9-7-17-49(51)50-18-8-10-20-52(50)54(53)55(46-31-27-37-12-2-4-15-41(37)35-46)45-29-25-38(26-30-45)42-28-32-48-43(33-42)23-22-39-13-5-6-16-47(39)48/h1-35H. The molecule has 0 bridgehead atoms. The minimum atomic E-state index is 1.10. The first kappa shape index (κ1) is 31.3. The molecule has 11 rings (SSSR count). The maximum Gasteiger partial charge on any atom is 0.0624 e. The van der Waals surface area contributed by atoms with Gasteiger partial charge in [-0.05, 0) is 112 Å². The molecule has 0 amide bonds. The molecule has 0 unspecified atom stereocenters. The van der Waals surface area contributed by atoms with Gasteiger partial charge in [0.2, 0.25) is 0 Å². The summed E-state index contributed by atoms with van der Waals surface area (Å²) in [4.78, 5) is 2.49. The van der Waals surface area contributed by atoms with Crippen molar-refractivity contribution in [3.05, 3.63) is 212 Å². The average Bonchev–Trinajstić information content (AvgIpc) is 3.26. The largest absolute Gasteiger partial charge is 0.309 e. The number of rotatable bonds is 5. The SMILES string of the molecule is c1ccc2cc(-c3c(N(c4ccc(-c5ccc6c(ccc7ccccc76)c5)cc4)c4ccc5ccccc5c4)c4ccccc4c4ccccc34)ccc2c1. The fourth-order valence-corrected chi connectivity index (χ4v) is 8.71. The molecule has 0 saturated heterocycles. The van der Waals surface area contributed by atoms with Crippen molar-refractivity contribution in [2.24, 2.45) is 0 Å². The molecule has 0 heterocycles. The molecule has 11 aromatic carbocycles. The summed E-state index contributed by atoms with van der Waals surface area (Å²) in [6, 6.07) is 78.0. The fraction of sp³-hybridized carbons (Fsp3) is 0. The Labute approximate surface area is 320 Å². The van der Waals surface area contributed by atoms with E-state index in [1.807, 2.05) is 0 Å². The predicted molar refractivity (Wildman–Crippen MR) is 237 cm³/mol. The van der Waals surface area contributed by atoms with Gasteiger partial charge in [0, 0.05) is 22.3 Å². The van der Waals surface area contributed by atoms with Gasteiger partial charge in [-0.1, -0.05) is 176 Å². The molecule has 1 heteroatoms.